The van der Waals surface area contributed by atoms with Crippen molar-refractivity contribution in [2.45, 2.75) is 0 Å². The first-order valence-corrected chi connectivity index (χ1v) is 4.31. The molecule has 2 rings (SSSR count). The highest BCUT2D eigenvalue weighted by atomic mass is 16.5. The van der Waals surface area contributed by atoms with Crippen LogP contribution in [0.3, 0.4) is 0 Å². The minimum Gasteiger partial charge on any atom is -0.481 e. The molecule has 1 aromatic heterocycles. The number of para-hydroxylation sites is 1. The molecule has 1 heterocycles. The number of nitrogens with zero attached hydrogens (tertiary/aromatic N) is 2. The molecule has 0 unspecified atom stereocenters. The molecule has 0 atom stereocenters. The van der Waals surface area contributed by atoms with Gasteiger partial charge in [0.05, 0.1) is 12.6 Å². The summed E-state index contributed by atoms with van der Waals surface area (Å²) in [5.41, 5.74) is 1.62. The Bertz CT molecular complexity index is 520. The lowest BCUT2D eigenvalue weighted by molar-refractivity contribution is 0.383. The standard InChI is InChI=1S/C11H10N2O/c1-13-10-6-4-3-5-8(10)9(7-12)11(13)14-2/h3-6H,1-2H3. The van der Waals surface area contributed by atoms with E-state index in [1.807, 2.05) is 35.9 Å². The second kappa shape index (κ2) is 3.08. The number of ether oxygens (including phenoxy) is 1. The van der Waals surface area contributed by atoms with Gasteiger partial charge in [-0.05, 0) is 6.07 Å². The van der Waals surface area contributed by atoms with Crippen LogP contribution in [-0.4, -0.2) is 11.7 Å². The van der Waals surface area contributed by atoms with E-state index >= 15 is 0 Å². The maximum absolute atomic E-state index is 9.02. The van der Waals surface area contributed by atoms with Crippen LogP contribution >= 0.6 is 0 Å². The van der Waals surface area contributed by atoms with E-state index in [2.05, 4.69) is 6.07 Å². The van der Waals surface area contributed by atoms with E-state index in [0.717, 1.165) is 10.9 Å². The zero-order valence-corrected chi connectivity index (χ0v) is 8.11. The molecule has 3 heteroatoms. The smallest absolute Gasteiger partial charge is 0.212 e. The van der Waals surface area contributed by atoms with Gasteiger partial charge in [0.1, 0.15) is 11.6 Å². The molecule has 0 bridgehead atoms. The van der Waals surface area contributed by atoms with E-state index in [1.54, 1.807) is 7.11 Å². The third kappa shape index (κ3) is 0.975. The Morgan fingerprint density at radius 2 is 2.07 bits per heavy atom. The first kappa shape index (κ1) is 8.64. The van der Waals surface area contributed by atoms with E-state index in [-0.39, 0.29) is 0 Å². The molecule has 70 valence electrons. The first-order valence-electron chi connectivity index (χ1n) is 4.31. The molecule has 0 aliphatic heterocycles. The second-order valence-electron chi connectivity index (χ2n) is 3.07. The van der Waals surface area contributed by atoms with Crippen LogP contribution in [0.25, 0.3) is 10.9 Å². The normalized spacial score (nSPS) is 10.1. The van der Waals surface area contributed by atoms with Gasteiger partial charge in [-0.1, -0.05) is 18.2 Å². The van der Waals surface area contributed by atoms with Crippen LogP contribution in [0, 0.1) is 11.3 Å². The van der Waals surface area contributed by atoms with E-state index in [0.29, 0.717) is 11.4 Å². The van der Waals surface area contributed by atoms with Crippen LogP contribution in [0.5, 0.6) is 5.88 Å². The summed E-state index contributed by atoms with van der Waals surface area (Å²) < 4.78 is 7.08. The third-order valence-electron chi connectivity index (χ3n) is 2.36. The fourth-order valence-electron chi connectivity index (χ4n) is 1.72. The van der Waals surface area contributed by atoms with Crippen LogP contribution in [0.4, 0.5) is 0 Å². The van der Waals surface area contributed by atoms with Crippen molar-refractivity contribution >= 4 is 10.9 Å². The van der Waals surface area contributed by atoms with Crippen molar-refractivity contribution in [3.8, 4) is 11.9 Å². The molecule has 1 aromatic carbocycles. The van der Waals surface area contributed by atoms with Crippen LogP contribution < -0.4 is 4.74 Å². The summed E-state index contributed by atoms with van der Waals surface area (Å²) in [4.78, 5) is 0. The number of aromatic nitrogens is 1. The molecular formula is C11H10N2O. The lowest BCUT2D eigenvalue weighted by Crippen LogP contribution is -1.93. The highest BCUT2D eigenvalue weighted by molar-refractivity contribution is 5.89. The Morgan fingerprint density at radius 3 is 2.71 bits per heavy atom. The minimum atomic E-state index is 0.602. The number of nitriles is 1. The summed E-state index contributed by atoms with van der Waals surface area (Å²) in [5.74, 6) is 0.619. The summed E-state index contributed by atoms with van der Waals surface area (Å²) in [5, 5.41) is 9.96. The van der Waals surface area contributed by atoms with Gasteiger partial charge in [0, 0.05) is 12.4 Å². The van der Waals surface area contributed by atoms with Gasteiger partial charge < -0.3 is 9.30 Å². The summed E-state index contributed by atoms with van der Waals surface area (Å²) >= 11 is 0. The monoisotopic (exact) mass is 186 g/mol. The predicted molar refractivity (Wildman–Crippen MR) is 54.2 cm³/mol. The number of fused-ring (bicyclic) bond motifs is 1. The molecule has 0 amide bonds. The first-order chi connectivity index (χ1) is 6.79. The number of aryl methyl sites for hydroxylation is 1. The van der Waals surface area contributed by atoms with Crippen LogP contribution in [0.1, 0.15) is 5.56 Å². The summed E-state index contributed by atoms with van der Waals surface area (Å²) in [6.07, 6.45) is 0. The Balaban J connectivity index is 2.93. The van der Waals surface area contributed by atoms with Gasteiger partial charge in [-0.3, -0.25) is 0 Å². The number of benzene rings is 1. The Labute approximate surface area is 82.1 Å². The van der Waals surface area contributed by atoms with Crippen molar-refractivity contribution in [1.29, 1.82) is 5.26 Å². The largest absolute Gasteiger partial charge is 0.481 e. The SMILES string of the molecule is COc1c(C#N)c2ccccc2n1C. The van der Waals surface area contributed by atoms with Gasteiger partial charge >= 0.3 is 0 Å². The van der Waals surface area contributed by atoms with Crippen molar-refractivity contribution in [2.75, 3.05) is 7.11 Å². The topological polar surface area (TPSA) is 37.9 Å². The number of hydrogen-bond donors (Lipinski definition) is 0. The fraction of sp³-hybridized carbons (Fsp3) is 0.182. The highest BCUT2D eigenvalue weighted by Gasteiger charge is 2.14. The van der Waals surface area contributed by atoms with Crippen LogP contribution in [-0.2, 0) is 7.05 Å². The van der Waals surface area contributed by atoms with E-state index < -0.39 is 0 Å². The second-order valence-corrected chi connectivity index (χ2v) is 3.07. The Morgan fingerprint density at radius 1 is 1.36 bits per heavy atom. The number of rotatable bonds is 1. The molecule has 0 fully saturated rings. The van der Waals surface area contributed by atoms with E-state index in [1.165, 1.54) is 0 Å². The molecular weight excluding hydrogens is 176 g/mol. The zero-order valence-electron chi connectivity index (χ0n) is 8.11. The van der Waals surface area contributed by atoms with Crippen LogP contribution in [0.15, 0.2) is 24.3 Å². The van der Waals surface area contributed by atoms with Crippen molar-refractivity contribution in [3.63, 3.8) is 0 Å². The molecule has 0 saturated carbocycles. The highest BCUT2D eigenvalue weighted by Crippen LogP contribution is 2.29. The maximum atomic E-state index is 9.02. The van der Waals surface area contributed by atoms with Gasteiger partial charge in [-0.15, -0.1) is 0 Å². The summed E-state index contributed by atoms with van der Waals surface area (Å²) in [6, 6.07) is 9.93. The van der Waals surface area contributed by atoms with E-state index in [4.69, 9.17) is 10.00 Å². The molecule has 0 N–H and O–H groups in total. The van der Waals surface area contributed by atoms with Gasteiger partial charge in [-0.25, -0.2) is 0 Å². The average molecular weight is 186 g/mol. The molecule has 0 aliphatic carbocycles. The lowest BCUT2D eigenvalue weighted by atomic mass is 10.2. The number of hydrogen-bond acceptors (Lipinski definition) is 2. The summed E-state index contributed by atoms with van der Waals surface area (Å²) in [6.45, 7) is 0. The van der Waals surface area contributed by atoms with Gasteiger partial charge in [-0.2, -0.15) is 5.26 Å². The number of methoxy groups -OCH3 is 1. The van der Waals surface area contributed by atoms with E-state index in [9.17, 15) is 0 Å². The molecule has 0 aliphatic rings. The molecule has 3 nitrogen and oxygen atoms in total. The lowest BCUT2D eigenvalue weighted by Gasteiger charge is -2.01. The summed E-state index contributed by atoms with van der Waals surface area (Å²) in [7, 11) is 3.47. The molecule has 2 aromatic rings. The van der Waals surface area contributed by atoms with Crippen molar-refractivity contribution in [2.24, 2.45) is 7.05 Å². The third-order valence-corrected chi connectivity index (χ3v) is 2.36. The van der Waals surface area contributed by atoms with Gasteiger partial charge in [0.25, 0.3) is 0 Å². The average Bonchev–Trinajstić information content (AvgIpc) is 2.51. The molecule has 0 saturated heterocycles. The Hall–Kier alpha value is -1.95. The van der Waals surface area contributed by atoms with Gasteiger partial charge in [0.15, 0.2) is 0 Å². The molecule has 0 radical (unpaired) electrons. The minimum absolute atomic E-state index is 0.602. The van der Waals surface area contributed by atoms with Crippen molar-refractivity contribution in [3.05, 3.63) is 29.8 Å². The van der Waals surface area contributed by atoms with Crippen molar-refractivity contribution in [1.82, 2.24) is 4.57 Å². The maximum Gasteiger partial charge on any atom is 0.212 e. The fourth-order valence-corrected chi connectivity index (χ4v) is 1.72. The Kier molecular flexibility index (Phi) is 1.90. The van der Waals surface area contributed by atoms with Gasteiger partial charge in [0.2, 0.25) is 5.88 Å². The molecule has 14 heavy (non-hydrogen) atoms. The quantitative estimate of drug-likeness (QED) is 0.683. The predicted octanol–water partition coefficient (Wildman–Crippen LogP) is 2.06. The zero-order chi connectivity index (χ0) is 10.1. The molecule has 0 spiro atoms. The van der Waals surface area contributed by atoms with Crippen LogP contribution in [0.2, 0.25) is 0 Å². The van der Waals surface area contributed by atoms with Crippen molar-refractivity contribution < 1.29 is 4.74 Å².